The Morgan fingerprint density at radius 2 is 1.68 bits per heavy atom. The van der Waals surface area contributed by atoms with Gasteiger partial charge in [0, 0.05) is 62.4 Å². The molecule has 2 saturated heterocycles. The van der Waals surface area contributed by atoms with Crippen molar-refractivity contribution in [2.75, 3.05) is 26.2 Å². The molecule has 0 radical (unpaired) electrons. The standard InChI is InChI=1S/C22H26N4O2/c27-21(19-3-9-23-10-4-19)25-12-6-20(7-13-25)22(28)26-11-5-18(16-26)14-17-2-1-8-24-15-17/h1-4,8-10,15,18,20H,5-7,11-14,16H2. The topological polar surface area (TPSA) is 66.4 Å². The monoisotopic (exact) mass is 378 g/mol. The van der Waals surface area contributed by atoms with Crippen LogP contribution in [0.2, 0.25) is 0 Å². The van der Waals surface area contributed by atoms with Crippen molar-refractivity contribution in [1.82, 2.24) is 19.8 Å². The predicted octanol–water partition coefficient (Wildman–Crippen LogP) is 2.42. The highest BCUT2D eigenvalue weighted by Gasteiger charge is 2.33. The van der Waals surface area contributed by atoms with Crippen molar-refractivity contribution < 1.29 is 9.59 Å². The zero-order valence-corrected chi connectivity index (χ0v) is 16.0. The van der Waals surface area contributed by atoms with Crippen LogP contribution in [0.4, 0.5) is 0 Å². The Kier molecular flexibility index (Phi) is 5.65. The maximum Gasteiger partial charge on any atom is 0.253 e. The van der Waals surface area contributed by atoms with Crippen molar-refractivity contribution in [3.05, 3.63) is 60.2 Å². The molecule has 6 nitrogen and oxygen atoms in total. The highest BCUT2D eigenvalue weighted by atomic mass is 16.2. The van der Waals surface area contributed by atoms with Crippen LogP contribution < -0.4 is 0 Å². The van der Waals surface area contributed by atoms with E-state index in [0.717, 1.165) is 38.8 Å². The number of carbonyl (C=O) groups excluding carboxylic acids is 2. The number of carbonyl (C=O) groups is 2. The third-order valence-corrected chi connectivity index (χ3v) is 5.90. The molecule has 2 amide bonds. The quantitative estimate of drug-likeness (QED) is 0.820. The van der Waals surface area contributed by atoms with Crippen LogP contribution in [-0.4, -0.2) is 57.8 Å². The molecule has 0 aromatic carbocycles. The molecule has 4 heterocycles. The molecule has 2 aromatic rings. The lowest BCUT2D eigenvalue weighted by atomic mass is 9.94. The summed E-state index contributed by atoms with van der Waals surface area (Å²) in [6.45, 7) is 2.97. The van der Waals surface area contributed by atoms with E-state index in [1.807, 2.05) is 22.1 Å². The minimum Gasteiger partial charge on any atom is -0.342 e. The van der Waals surface area contributed by atoms with E-state index in [9.17, 15) is 9.59 Å². The van der Waals surface area contributed by atoms with Crippen LogP contribution in [0.25, 0.3) is 0 Å². The summed E-state index contributed by atoms with van der Waals surface area (Å²) >= 11 is 0. The summed E-state index contributed by atoms with van der Waals surface area (Å²) in [5.41, 5.74) is 1.90. The van der Waals surface area contributed by atoms with E-state index in [1.54, 1.807) is 30.7 Å². The van der Waals surface area contributed by atoms with Gasteiger partial charge in [0.05, 0.1) is 0 Å². The fraction of sp³-hybridized carbons (Fsp3) is 0.455. The molecule has 28 heavy (non-hydrogen) atoms. The zero-order valence-electron chi connectivity index (χ0n) is 16.0. The second-order valence-corrected chi connectivity index (χ2v) is 7.81. The van der Waals surface area contributed by atoms with Gasteiger partial charge in [0.15, 0.2) is 0 Å². The van der Waals surface area contributed by atoms with Crippen molar-refractivity contribution in [2.45, 2.75) is 25.7 Å². The first-order valence-corrected chi connectivity index (χ1v) is 10.1. The fourth-order valence-electron chi connectivity index (χ4n) is 4.32. The normalized spacial score (nSPS) is 20.4. The van der Waals surface area contributed by atoms with Gasteiger partial charge in [0.25, 0.3) is 5.91 Å². The summed E-state index contributed by atoms with van der Waals surface area (Å²) in [6.07, 6.45) is 10.5. The predicted molar refractivity (Wildman–Crippen MR) is 105 cm³/mol. The van der Waals surface area contributed by atoms with Gasteiger partial charge >= 0.3 is 0 Å². The average Bonchev–Trinajstić information content (AvgIpc) is 3.22. The Morgan fingerprint density at radius 3 is 2.39 bits per heavy atom. The van der Waals surface area contributed by atoms with E-state index >= 15 is 0 Å². The van der Waals surface area contributed by atoms with Gasteiger partial charge in [-0.25, -0.2) is 0 Å². The van der Waals surface area contributed by atoms with Gasteiger partial charge < -0.3 is 9.80 Å². The largest absolute Gasteiger partial charge is 0.342 e. The van der Waals surface area contributed by atoms with Gasteiger partial charge in [-0.05, 0) is 55.4 Å². The van der Waals surface area contributed by atoms with Crippen molar-refractivity contribution in [2.24, 2.45) is 11.8 Å². The maximum atomic E-state index is 12.9. The van der Waals surface area contributed by atoms with Crippen molar-refractivity contribution in [3.8, 4) is 0 Å². The second kappa shape index (κ2) is 8.50. The number of rotatable bonds is 4. The molecular weight excluding hydrogens is 352 g/mol. The van der Waals surface area contributed by atoms with E-state index in [2.05, 4.69) is 16.0 Å². The number of aromatic nitrogens is 2. The molecule has 2 aromatic heterocycles. The van der Waals surface area contributed by atoms with Crippen LogP contribution in [-0.2, 0) is 11.2 Å². The molecule has 0 aliphatic carbocycles. The molecular formula is C22H26N4O2. The lowest BCUT2D eigenvalue weighted by Crippen LogP contribution is -2.44. The Hall–Kier alpha value is -2.76. The highest BCUT2D eigenvalue weighted by molar-refractivity contribution is 5.94. The second-order valence-electron chi connectivity index (χ2n) is 7.81. The Morgan fingerprint density at radius 1 is 0.929 bits per heavy atom. The SMILES string of the molecule is O=C(c1ccncc1)N1CCC(C(=O)N2CCC(Cc3cccnc3)C2)CC1. The maximum absolute atomic E-state index is 12.9. The Labute approximate surface area is 165 Å². The number of piperidine rings is 1. The number of hydrogen-bond donors (Lipinski definition) is 0. The minimum absolute atomic E-state index is 0.0333. The van der Waals surface area contributed by atoms with Gasteiger partial charge in [-0.3, -0.25) is 19.6 Å². The van der Waals surface area contributed by atoms with Crippen LogP contribution >= 0.6 is 0 Å². The van der Waals surface area contributed by atoms with E-state index in [0.29, 0.717) is 24.6 Å². The number of likely N-dealkylation sites (tertiary alicyclic amines) is 2. The smallest absolute Gasteiger partial charge is 0.253 e. The number of nitrogens with zero attached hydrogens (tertiary/aromatic N) is 4. The van der Waals surface area contributed by atoms with E-state index in [1.165, 1.54) is 5.56 Å². The minimum atomic E-state index is 0.0333. The van der Waals surface area contributed by atoms with Crippen LogP contribution in [0.5, 0.6) is 0 Å². The first-order chi connectivity index (χ1) is 13.7. The van der Waals surface area contributed by atoms with Gasteiger partial charge in [-0.2, -0.15) is 0 Å². The van der Waals surface area contributed by atoms with Crippen molar-refractivity contribution in [3.63, 3.8) is 0 Å². The summed E-state index contributed by atoms with van der Waals surface area (Å²) in [5.74, 6) is 0.857. The molecule has 2 aliphatic heterocycles. The molecule has 6 heteroatoms. The summed E-state index contributed by atoms with van der Waals surface area (Å²) in [5, 5.41) is 0. The number of hydrogen-bond acceptors (Lipinski definition) is 4. The third-order valence-electron chi connectivity index (χ3n) is 5.90. The van der Waals surface area contributed by atoms with E-state index in [4.69, 9.17) is 0 Å². The molecule has 0 spiro atoms. The fourth-order valence-corrected chi connectivity index (χ4v) is 4.32. The Balaban J connectivity index is 1.27. The van der Waals surface area contributed by atoms with Crippen LogP contribution in [0.1, 0.15) is 35.2 Å². The van der Waals surface area contributed by atoms with Crippen molar-refractivity contribution in [1.29, 1.82) is 0 Å². The lowest BCUT2D eigenvalue weighted by Gasteiger charge is -2.33. The number of pyridine rings is 2. The van der Waals surface area contributed by atoms with Crippen molar-refractivity contribution >= 4 is 11.8 Å². The zero-order chi connectivity index (χ0) is 19.3. The molecule has 2 fully saturated rings. The number of amides is 2. The van der Waals surface area contributed by atoms with Crippen LogP contribution in [0, 0.1) is 11.8 Å². The lowest BCUT2D eigenvalue weighted by molar-refractivity contribution is -0.136. The first kappa shape index (κ1) is 18.6. The molecule has 0 saturated carbocycles. The molecule has 0 bridgehead atoms. The molecule has 146 valence electrons. The van der Waals surface area contributed by atoms with Gasteiger partial charge in [0.2, 0.25) is 5.91 Å². The van der Waals surface area contributed by atoms with Crippen LogP contribution in [0.15, 0.2) is 49.1 Å². The third kappa shape index (κ3) is 4.21. The molecule has 2 aliphatic rings. The van der Waals surface area contributed by atoms with Gasteiger partial charge in [0.1, 0.15) is 0 Å². The van der Waals surface area contributed by atoms with E-state index < -0.39 is 0 Å². The summed E-state index contributed by atoms with van der Waals surface area (Å²) in [6, 6.07) is 7.56. The molecule has 1 unspecified atom stereocenters. The Bertz CT molecular complexity index is 804. The highest BCUT2D eigenvalue weighted by Crippen LogP contribution is 2.26. The molecule has 4 rings (SSSR count). The average molecular weight is 378 g/mol. The summed E-state index contributed by atoms with van der Waals surface area (Å²) in [4.78, 5) is 37.5. The van der Waals surface area contributed by atoms with E-state index in [-0.39, 0.29) is 17.7 Å². The first-order valence-electron chi connectivity index (χ1n) is 10.1. The molecule has 1 atom stereocenters. The van der Waals surface area contributed by atoms with Crippen LogP contribution in [0.3, 0.4) is 0 Å². The molecule has 0 N–H and O–H groups in total. The summed E-state index contributed by atoms with van der Waals surface area (Å²) in [7, 11) is 0. The van der Waals surface area contributed by atoms with Gasteiger partial charge in [-0.15, -0.1) is 0 Å². The summed E-state index contributed by atoms with van der Waals surface area (Å²) < 4.78 is 0. The van der Waals surface area contributed by atoms with Gasteiger partial charge in [-0.1, -0.05) is 6.07 Å².